The molecule has 1 atom stereocenters. The van der Waals surface area contributed by atoms with Gasteiger partial charge in [0.1, 0.15) is 6.26 Å². The summed E-state index contributed by atoms with van der Waals surface area (Å²) in [4.78, 5) is 10.7. The van der Waals surface area contributed by atoms with Crippen LogP contribution in [0.4, 0.5) is 0 Å². The highest BCUT2D eigenvalue weighted by atomic mass is 35.5. The van der Waals surface area contributed by atoms with Crippen molar-refractivity contribution in [1.29, 1.82) is 0 Å². The lowest BCUT2D eigenvalue weighted by atomic mass is 10.1. The number of benzene rings is 1. The summed E-state index contributed by atoms with van der Waals surface area (Å²) >= 11 is 5.24. The second-order valence-corrected chi connectivity index (χ2v) is 3.47. The van der Waals surface area contributed by atoms with Gasteiger partial charge in [-0.2, -0.15) is 0 Å². The molecule has 1 aromatic carbocycles. The summed E-state index contributed by atoms with van der Waals surface area (Å²) in [7, 11) is 0. The molecule has 3 nitrogen and oxygen atoms in total. The van der Waals surface area contributed by atoms with Gasteiger partial charge in [0.05, 0.1) is 0 Å². The number of allylic oxidation sites excluding steroid dienone is 1. The van der Waals surface area contributed by atoms with E-state index >= 15 is 0 Å². The summed E-state index contributed by atoms with van der Waals surface area (Å²) in [6.07, 6.45) is 1.39. The molecular formula is C11H9ClO3. The van der Waals surface area contributed by atoms with Crippen molar-refractivity contribution in [2.24, 2.45) is 0 Å². The summed E-state index contributed by atoms with van der Waals surface area (Å²) < 4.78 is 10.3. The van der Waals surface area contributed by atoms with E-state index in [2.05, 4.69) is 0 Å². The minimum absolute atomic E-state index is 0.0672. The maximum absolute atomic E-state index is 10.7. The zero-order valence-corrected chi connectivity index (χ0v) is 8.61. The average molecular weight is 225 g/mol. The van der Waals surface area contributed by atoms with Crippen molar-refractivity contribution in [1.82, 2.24) is 0 Å². The van der Waals surface area contributed by atoms with Gasteiger partial charge in [-0.15, -0.1) is 0 Å². The first-order valence-corrected chi connectivity index (χ1v) is 4.89. The lowest BCUT2D eigenvalue weighted by Crippen LogP contribution is -2.13. The Hall–Kier alpha value is -1.48. The zero-order valence-electron chi connectivity index (χ0n) is 7.85. The first-order chi connectivity index (χ1) is 7.25. The van der Waals surface area contributed by atoms with E-state index in [4.69, 9.17) is 21.1 Å². The molecule has 0 radical (unpaired) electrons. The van der Waals surface area contributed by atoms with Crippen LogP contribution >= 0.6 is 11.6 Å². The number of halogens is 1. The summed E-state index contributed by atoms with van der Waals surface area (Å²) in [6, 6.07) is 9.74. The van der Waals surface area contributed by atoms with Crippen molar-refractivity contribution >= 4 is 16.8 Å². The van der Waals surface area contributed by atoms with Gasteiger partial charge in [0.2, 0.25) is 12.0 Å². The van der Waals surface area contributed by atoms with Gasteiger partial charge in [-0.1, -0.05) is 30.3 Å². The van der Waals surface area contributed by atoms with Crippen LogP contribution in [-0.2, 0) is 20.7 Å². The lowest BCUT2D eigenvalue weighted by molar-refractivity contribution is -0.114. The second kappa shape index (κ2) is 4.36. The van der Waals surface area contributed by atoms with E-state index in [9.17, 15) is 4.79 Å². The molecule has 0 N–H and O–H groups in total. The highest BCUT2D eigenvalue weighted by molar-refractivity contribution is 6.67. The van der Waals surface area contributed by atoms with E-state index in [-0.39, 0.29) is 5.76 Å². The molecule has 0 saturated carbocycles. The molecule has 0 fully saturated rings. The molecule has 0 amide bonds. The predicted octanol–water partition coefficient (Wildman–Crippen LogP) is 2.21. The second-order valence-electron chi connectivity index (χ2n) is 3.13. The molecule has 4 heteroatoms. The molecule has 0 saturated heterocycles. The van der Waals surface area contributed by atoms with Gasteiger partial charge >= 0.3 is 0 Å². The Morgan fingerprint density at radius 1 is 1.33 bits per heavy atom. The summed E-state index contributed by atoms with van der Waals surface area (Å²) in [5.74, 6) is 0.0672. The van der Waals surface area contributed by atoms with Gasteiger partial charge in [0, 0.05) is 6.42 Å². The highest BCUT2D eigenvalue weighted by Crippen LogP contribution is 2.19. The first kappa shape index (κ1) is 10.1. The molecule has 1 aliphatic heterocycles. The van der Waals surface area contributed by atoms with E-state index < -0.39 is 11.5 Å². The molecule has 0 spiro atoms. The van der Waals surface area contributed by atoms with Crippen LogP contribution in [-0.4, -0.2) is 11.5 Å². The number of hydrogen-bond donors (Lipinski definition) is 0. The normalized spacial score (nSPS) is 19.0. The molecular weight excluding hydrogens is 216 g/mol. The van der Waals surface area contributed by atoms with Crippen LogP contribution in [0.1, 0.15) is 5.56 Å². The van der Waals surface area contributed by atoms with Crippen molar-refractivity contribution in [3.8, 4) is 0 Å². The smallest absolute Gasteiger partial charge is 0.290 e. The number of ether oxygens (including phenoxy) is 2. The minimum atomic E-state index is -0.634. The fourth-order valence-electron chi connectivity index (χ4n) is 1.32. The topological polar surface area (TPSA) is 35.5 Å². The van der Waals surface area contributed by atoms with Gasteiger partial charge < -0.3 is 9.47 Å². The van der Waals surface area contributed by atoms with Gasteiger partial charge in [0.15, 0.2) is 0 Å². The van der Waals surface area contributed by atoms with Crippen molar-refractivity contribution < 1.29 is 14.3 Å². The van der Waals surface area contributed by atoms with E-state index in [0.29, 0.717) is 6.42 Å². The maximum atomic E-state index is 10.7. The number of carbonyl (C=O) groups excluding carboxylic acids is 1. The Kier molecular flexibility index (Phi) is 2.92. The Morgan fingerprint density at radius 2 is 2.07 bits per heavy atom. The standard InChI is InChI=1S/C11H9ClO3/c12-11(13)9-7-14-10(15-9)6-8-4-2-1-3-5-8/h1-5,7,10H,6H2. The molecule has 0 aromatic heterocycles. The van der Waals surface area contributed by atoms with Crippen molar-refractivity contribution in [2.45, 2.75) is 12.7 Å². The van der Waals surface area contributed by atoms with Gasteiger partial charge in [-0.25, -0.2) is 0 Å². The van der Waals surface area contributed by atoms with E-state index in [1.54, 1.807) is 0 Å². The maximum Gasteiger partial charge on any atom is 0.290 e. The quantitative estimate of drug-likeness (QED) is 0.739. The predicted molar refractivity (Wildman–Crippen MR) is 55.0 cm³/mol. The van der Waals surface area contributed by atoms with Crippen LogP contribution in [0.3, 0.4) is 0 Å². The molecule has 0 bridgehead atoms. The largest absolute Gasteiger partial charge is 0.458 e. The summed E-state index contributed by atoms with van der Waals surface area (Å²) in [5.41, 5.74) is 1.08. The fraction of sp³-hybridized carbons (Fsp3) is 0.182. The molecule has 78 valence electrons. The van der Waals surface area contributed by atoms with E-state index in [0.717, 1.165) is 5.56 Å². The number of rotatable bonds is 3. The van der Waals surface area contributed by atoms with Gasteiger partial charge in [-0.05, 0) is 17.2 Å². The van der Waals surface area contributed by atoms with Crippen LogP contribution in [0.2, 0.25) is 0 Å². The van der Waals surface area contributed by atoms with Crippen molar-refractivity contribution in [3.63, 3.8) is 0 Å². The van der Waals surface area contributed by atoms with Crippen LogP contribution in [0.25, 0.3) is 0 Å². The highest BCUT2D eigenvalue weighted by Gasteiger charge is 2.23. The Balaban J connectivity index is 1.93. The fourth-order valence-corrected chi connectivity index (χ4v) is 1.41. The van der Waals surface area contributed by atoms with Crippen molar-refractivity contribution in [3.05, 3.63) is 47.9 Å². The Morgan fingerprint density at radius 3 is 2.67 bits per heavy atom. The monoisotopic (exact) mass is 224 g/mol. The lowest BCUT2D eigenvalue weighted by Gasteiger charge is -2.10. The van der Waals surface area contributed by atoms with Crippen LogP contribution in [0.5, 0.6) is 0 Å². The Labute approximate surface area is 92.3 Å². The molecule has 1 aromatic rings. The molecule has 0 aliphatic carbocycles. The number of hydrogen-bond acceptors (Lipinski definition) is 3. The van der Waals surface area contributed by atoms with E-state index in [1.807, 2.05) is 30.3 Å². The van der Waals surface area contributed by atoms with Gasteiger partial charge in [0.25, 0.3) is 5.24 Å². The third kappa shape index (κ3) is 2.50. The molecule has 1 unspecified atom stereocenters. The van der Waals surface area contributed by atoms with Gasteiger partial charge in [-0.3, -0.25) is 4.79 Å². The van der Waals surface area contributed by atoms with Crippen LogP contribution < -0.4 is 0 Å². The summed E-state index contributed by atoms with van der Waals surface area (Å²) in [6.45, 7) is 0. The van der Waals surface area contributed by atoms with E-state index in [1.165, 1.54) is 6.26 Å². The average Bonchev–Trinajstić information content (AvgIpc) is 2.68. The third-order valence-corrected chi connectivity index (χ3v) is 2.21. The van der Waals surface area contributed by atoms with Crippen molar-refractivity contribution in [2.75, 3.05) is 0 Å². The van der Waals surface area contributed by atoms with Crippen LogP contribution in [0.15, 0.2) is 42.4 Å². The minimum Gasteiger partial charge on any atom is -0.458 e. The molecule has 1 heterocycles. The number of carbonyl (C=O) groups is 1. The first-order valence-electron chi connectivity index (χ1n) is 4.52. The zero-order chi connectivity index (χ0) is 10.7. The van der Waals surface area contributed by atoms with Crippen LogP contribution in [0, 0.1) is 0 Å². The summed E-state index contributed by atoms with van der Waals surface area (Å²) in [5, 5.41) is -0.634. The third-order valence-electron chi connectivity index (χ3n) is 2.02. The SMILES string of the molecule is O=C(Cl)C1=COC(Cc2ccccc2)O1. The molecule has 2 rings (SSSR count). The molecule has 15 heavy (non-hydrogen) atoms. The Bertz CT molecular complexity index is 386. The molecule has 1 aliphatic rings.